The largest absolute Gasteiger partial charge is 0.293 e. The van der Waals surface area contributed by atoms with Crippen molar-refractivity contribution in [2.75, 3.05) is 0 Å². The number of benzene rings is 6. The molecule has 206 valence electrons. The predicted octanol–water partition coefficient (Wildman–Crippen LogP) is 9.98. The molecule has 0 atom stereocenters. The average molecular weight is 563 g/mol. The summed E-state index contributed by atoms with van der Waals surface area (Å²) >= 11 is 0. The second-order valence-corrected chi connectivity index (χ2v) is 11.1. The Bertz CT molecular complexity index is 2470. The van der Waals surface area contributed by atoms with Crippen LogP contribution in [0.2, 0.25) is 0 Å². The summed E-state index contributed by atoms with van der Waals surface area (Å²) in [7, 11) is 0. The Balaban J connectivity index is 1.29. The van der Waals surface area contributed by atoms with Crippen molar-refractivity contribution < 1.29 is 0 Å². The zero-order valence-corrected chi connectivity index (χ0v) is 23.8. The summed E-state index contributed by atoms with van der Waals surface area (Å²) in [5.74, 6) is 0.732. The lowest BCUT2D eigenvalue weighted by molar-refractivity contribution is 1.15. The standard InChI is InChI=1S/C40H26N4/c1-3-13-29(14-4-1)39-41-33-19-9-7-17-31(33)38(42-39)28-25-23-27(24-26-28)37-32-18-8-10-20-34(32)44-36-22-12-11-21-35(36)43(40(37)44)30-15-5-2-6-16-30/h1-26H. The molecule has 0 amide bonds. The molecule has 0 bridgehead atoms. The summed E-state index contributed by atoms with van der Waals surface area (Å²) in [4.78, 5) is 10.00. The first-order valence-electron chi connectivity index (χ1n) is 14.9. The minimum atomic E-state index is 0.732. The molecule has 0 N–H and O–H groups in total. The average Bonchev–Trinajstić information content (AvgIpc) is 3.61. The second kappa shape index (κ2) is 9.79. The highest BCUT2D eigenvalue weighted by molar-refractivity contribution is 6.09. The predicted molar refractivity (Wildman–Crippen MR) is 181 cm³/mol. The van der Waals surface area contributed by atoms with E-state index in [1.807, 2.05) is 24.3 Å². The zero-order chi connectivity index (χ0) is 29.0. The van der Waals surface area contributed by atoms with Gasteiger partial charge in [-0.1, -0.05) is 121 Å². The van der Waals surface area contributed by atoms with E-state index in [1.54, 1.807) is 0 Å². The molecule has 0 unspecified atom stereocenters. The Morgan fingerprint density at radius 1 is 0.409 bits per heavy atom. The summed E-state index contributed by atoms with van der Waals surface area (Å²) in [5, 5.41) is 2.27. The third-order valence-corrected chi connectivity index (χ3v) is 8.52. The van der Waals surface area contributed by atoms with Crippen LogP contribution in [0.3, 0.4) is 0 Å². The van der Waals surface area contributed by atoms with Crippen molar-refractivity contribution in [3.63, 3.8) is 0 Å². The molecule has 0 spiro atoms. The Hall–Kier alpha value is -6.00. The van der Waals surface area contributed by atoms with Gasteiger partial charge in [-0.25, -0.2) is 9.97 Å². The number of nitrogens with zero attached hydrogens (tertiary/aromatic N) is 4. The third-order valence-electron chi connectivity index (χ3n) is 8.52. The van der Waals surface area contributed by atoms with Crippen LogP contribution in [0.15, 0.2) is 158 Å². The third kappa shape index (κ3) is 3.71. The Kier molecular flexibility index (Phi) is 5.47. The monoisotopic (exact) mass is 562 g/mol. The summed E-state index contributed by atoms with van der Waals surface area (Å²) in [6, 6.07) is 55.4. The lowest BCUT2D eigenvalue weighted by atomic mass is 10.00. The van der Waals surface area contributed by atoms with Crippen LogP contribution in [0.1, 0.15) is 0 Å². The van der Waals surface area contributed by atoms with E-state index in [0.29, 0.717) is 0 Å². The van der Waals surface area contributed by atoms with Gasteiger partial charge in [0.2, 0.25) is 0 Å². The van der Waals surface area contributed by atoms with Crippen molar-refractivity contribution >= 4 is 38.5 Å². The van der Waals surface area contributed by atoms with Gasteiger partial charge in [-0.05, 0) is 42.0 Å². The quantitative estimate of drug-likeness (QED) is 0.214. The van der Waals surface area contributed by atoms with Crippen molar-refractivity contribution in [3.05, 3.63) is 158 Å². The smallest absolute Gasteiger partial charge is 0.160 e. The molecule has 4 nitrogen and oxygen atoms in total. The highest BCUT2D eigenvalue weighted by Gasteiger charge is 2.22. The number of fused-ring (bicyclic) bond motifs is 6. The Morgan fingerprint density at radius 2 is 1.00 bits per heavy atom. The maximum atomic E-state index is 5.10. The first-order chi connectivity index (χ1) is 21.8. The van der Waals surface area contributed by atoms with Gasteiger partial charge in [-0.2, -0.15) is 0 Å². The topological polar surface area (TPSA) is 35.1 Å². The molecule has 3 heterocycles. The molecule has 9 aromatic rings. The molecule has 0 saturated heterocycles. The first kappa shape index (κ1) is 24.6. The molecule has 4 heteroatoms. The normalized spacial score (nSPS) is 11.6. The van der Waals surface area contributed by atoms with Crippen LogP contribution in [0.4, 0.5) is 0 Å². The maximum absolute atomic E-state index is 5.10. The van der Waals surface area contributed by atoms with Crippen LogP contribution in [0.5, 0.6) is 0 Å². The van der Waals surface area contributed by atoms with E-state index in [2.05, 4.69) is 142 Å². The van der Waals surface area contributed by atoms with Gasteiger partial charge in [0, 0.05) is 33.2 Å². The number of hydrogen-bond donors (Lipinski definition) is 0. The summed E-state index contributed by atoms with van der Waals surface area (Å²) in [6.45, 7) is 0. The number of aromatic nitrogens is 4. The first-order valence-corrected chi connectivity index (χ1v) is 14.9. The van der Waals surface area contributed by atoms with Gasteiger partial charge in [0.15, 0.2) is 5.82 Å². The summed E-state index contributed by atoms with van der Waals surface area (Å²) in [6.07, 6.45) is 0. The van der Waals surface area contributed by atoms with Crippen LogP contribution in [0, 0.1) is 0 Å². The van der Waals surface area contributed by atoms with E-state index in [-0.39, 0.29) is 0 Å². The Morgan fingerprint density at radius 3 is 1.77 bits per heavy atom. The summed E-state index contributed by atoms with van der Waals surface area (Å²) < 4.78 is 4.80. The van der Waals surface area contributed by atoms with E-state index in [0.717, 1.165) is 50.4 Å². The van der Waals surface area contributed by atoms with Gasteiger partial charge < -0.3 is 0 Å². The number of rotatable bonds is 4. The van der Waals surface area contributed by atoms with Crippen LogP contribution >= 0.6 is 0 Å². The van der Waals surface area contributed by atoms with E-state index in [9.17, 15) is 0 Å². The van der Waals surface area contributed by atoms with Crippen molar-refractivity contribution in [2.45, 2.75) is 0 Å². The van der Waals surface area contributed by atoms with E-state index in [4.69, 9.17) is 9.97 Å². The van der Waals surface area contributed by atoms with Gasteiger partial charge in [-0.15, -0.1) is 0 Å². The molecule has 3 aromatic heterocycles. The molecule has 0 aliphatic carbocycles. The minimum absolute atomic E-state index is 0.732. The lowest BCUT2D eigenvalue weighted by Gasteiger charge is -2.11. The highest BCUT2D eigenvalue weighted by Crippen LogP contribution is 2.41. The molecular formula is C40H26N4. The van der Waals surface area contributed by atoms with Crippen LogP contribution in [-0.2, 0) is 0 Å². The molecule has 0 radical (unpaired) electrons. The summed E-state index contributed by atoms with van der Waals surface area (Å²) in [5.41, 5.74) is 12.2. The van der Waals surface area contributed by atoms with E-state index < -0.39 is 0 Å². The molecule has 0 aliphatic rings. The van der Waals surface area contributed by atoms with Crippen LogP contribution in [0.25, 0.3) is 77.9 Å². The van der Waals surface area contributed by atoms with E-state index >= 15 is 0 Å². The van der Waals surface area contributed by atoms with Crippen LogP contribution < -0.4 is 0 Å². The fourth-order valence-corrected chi connectivity index (χ4v) is 6.57. The van der Waals surface area contributed by atoms with Crippen molar-refractivity contribution in [2.24, 2.45) is 0 Å². The molecule has 0 saturated carbocycles. The maximum Gasteiger partial charge on any atom is 0.160 e. The fourth-order valence-electron chi connectivity index (χ4n) is 6.57. The molecular weight excluding hydrogens is 536 g/mol. The Labute approximate surface area is 254 Å². The highest BCUT2D eigenvalue weighted by atomic mass is 15.1. The molecule has 44 heavy (non-hydrogen) atoms. The van der Waals surface area contributed by atoms with Crippen molar-refractivity contribution in [3.8, 4) is 39.5 Å². The molecule has 0 aliphatic heterocycles. The van der Waals surface area contributed by atoms with E-state index in [1.165, 1.54) is 27.5 Å². The van der Waals surface area contributed by atoms with Gasteiger partial charge >= 0.3 is 0 Å². The van der Waals surface area contributed by atoms with Crippen molar-refractivity contribution in [1.82, 2.24) is 18.9 Å². The van der Waals surface area contributed by atoms with Gasteiger partial charge in [0.1, 0.15) is 5.65 Å². The molecule has 6 aromatic carbocycles. The lowest BCUT2D eigenvalue weighted by Crippen LogP contribution is -1.96. The van der Waals surface area contributed by atoms with Crippen LogP contribution in [-0.4, -0.2) is 18.9 Å². The van der Waals surface area contributed by atoms with Gasteiger partial charge in [-0.3, -0.25) is 8.97 Å². The number of para-hydroxylation sites is 5. The fraction of sp³-hybridized carbons (Fsp3) is 0. The molecule has 0 fully saturated rings. The minimum Gasteiger partial charge on any atom is -0.293 e. The number of imidazole rings is 1. The van der Waals surface area contributed by atoms with Gasteiger partial charge in [0.05, 0.1) is 27.8 Å². The van der Waals surface area contributed by atoms with Crippen molar-refractivity contribution in [1.29, 1.82) is 0 Å². The zero-order valence-electron chi connectivity index (χ0n) is 23.8. The molecule has 9 rings (SSSR count). The SMILES string of the molecule is c1ccc(-c2nc(-c3ccc(-c4c5ccccc5n5c6ccccc6n(-c6ccccc6)c45)cc3)c3ccccc3n2)cc1. The van der Waals surface area contributed by atoms with Gasteiger partial charge in [0.25, 0.3) is 0 Å². The second-order valence-electron chi connectivity index (χ2n) is 11.1. The number of hydrogen-bond acceptors (Lipinski definition) is 2.